The van der Waals surface area contributed by atoms with Gasteiger partial charge in [-0.25, -0.2) is 0 Å². The summed E-state index contributed by atoms with van der Waals surface area (Å²) in [6.07, 6.45) is 1.43. The van der Waals surface area contributed by atoms with E-state index < -0.39 is 0 Å². The van der Waals surface area contributed by atoms with Crippen molar-refractivity contribution in [1.29, 1.82) is 0 Å². The summed E-state index contributed by atoms with van der Waals surface area (Å²) in [5, 5.41) is 0. The van der Waals surface area contributed by atoms with Crippen molar-refractivity contribution in [2.24, 2.45) is 11.8 Å². The molecule has 3 heteroatoms. The Morgan fingerprint density at radius 2 is 2.00 bits per heavy atom. The fourth-order valence-electron chi connectivity index (χ4n) is 2.39. The largest absolute Gasteiger partial charge is 0.397 e. The third kappa shape index (κ3) is 1.31. The van der Waals surface area contributed by atoms with Gasteiger partial charge in [-0.1, -0.05) is 15.9 Å². The van der Waals surface area contributed by atoms with Crippen LogP contribution in [0.3, 0.4) is 0 Å². The minimum atomic E-state index is 0.898. The maximum absolute atomic E-state index is 5.97. The van der Waals surface area contributed by atoms with E-state index in [1.165, 1.54) is 25.2 Å². The van der Waals surface area contributed by atoms with Crippen molar-refractivity contribution in [3.05, 3.63) is 22.7 Å². The molecule has 1 aliphatic carbocycles. The number of anilines is 2. The molecule has 0 bridgehead atoms. The molecular weight excluding hydrogens is 240 g/mol. The summed E-state index contributed by atoms with van der Waals surface area (Å²) in [7, 11) is 0. The van der Waals surface area contributed by atoms with Crippen LogP contribution in [-0.2, 0) is 0 Å². The van der Waals surface area contributed by atoms with E-state index in [-0.39, 0.29) is 0 Å². The second-order valence-electron chi connectivity index (χ2n) is 4.36. The molecule has 2 nitrogen and oxygen atoms in total. The van der Waals surface area contributed by atoms with Gasteiger partial charge in [0.1, 0.15) is 0 Å². The smallest absolute Gasteiger partial charge is 0.0611 e. The molecule has 2 fully saturated rings. The molecule has 2 atom stereocenters. The van der Waals surface area contributed by atoms with E-state index >= 15 is 0 Å². The van der Waals surface area contributed by atoms with Crippen LogP contribution in [0.2, 0.25) is 0 Å². The minimum Gasteiger partial charge on any atom is -0.397 e. The lowest BCUT2D eigenvalue weighted by atomic mass is 10.2. The van der Waals surface area contributed by atoms with Crippen LogP contribution >= 0.6 is 15.9 Å². The number of hydrogen-bond donors (Lipinski definition) is 1. The number of rotatable bonds is 1. The number of hydrogen-bond acceptors (Lipinski definition) is 2. The normalized spacial score (nSPS) is 29.1. The van der Waals surface area contributed by atoms with E-state index in [0.717, 1.165) is 22.0 Å². The summed E-state index contributed by atoms with van der Waals surface area (Å²) >= 11 is 3.49. The Labute approximate surface area is 92.2 Å². The molecule has 1 aromatic rings. The van der Waals surface area contributed by atoms with Crippen molar-refractivity contribution in [2.45, 2.75) is 6.42 Å². The Balaban J connectivity index is 1.91. The van der Waals surface area contributed by atoms with Crippen LogP contribution in [0.4, 0.5) is 11.4 Å². The van der Waals surface area contributed by atoms with E-state index in [0.29, 0.717) is 0 Å². The van der Waals surface area contributed by atoms with E-state index in [2.05, 4.69) is 26.9 Å². The summed E-state index contributed by atoms with van der Waals surface area (Å²) in [4.78, 5) is 2.42. The Hall–Kier alpha value is -0.700. The molecule has 2 unspecified atom stereocenters. The molecule has 3 rings (SSSR count). The lowest BCUT2D eigenvalue weighted by Gasteiger charge is -2.22. The zero-order valence-electron chi connectivity index (χ0n) is 7.91. The highest BCUT2D eigenvalue weighted by atomic mass is 79.9. The van der Waals surface area contributed by atoms with Gasteiger partial charge in [0.25, 0.3) is 0 Å². The molecule has 1 saturated carbocycles. The van der Waals surface area contributed by atoms with Gasteiger partial charge < -0.3 is 10.6 Å². The fourth-order valence-corrected chi connectivity index (χ4v) is 2.73. The lowest BCUT2D eigenvalue weighted by Crippen LogP contribution is -2.22. The average molecular weight is 253 g/mol. The van der Waals surface area contributed by atoms with Crippen LogP contribution < -0.4 is 10.6 Å². The van der Waals surface area contributed by atoms with Crippen molar-refractivity contribution in [3.63, 3.8) is 0 Å². The van der Waals surface area contributed by atoms with E-state index in [4.69, 9.17) is 5.73 Å². The maximum Gasteiger partial charge on any atom is 0.0611 e. The van der Waals surface area contributed by atoms with Gasteiger partial charge in [0.15, 0.2) is 0 Å². The lowest BCUT2D eigenvalue weighted by molar-refractivity contribution is 0.821. The molecule has 0 spiro atoms. The van der Waals surface area contributed by atoms with E-state index in [1.807, 2.05) is 12.1 Å². The topological polar surface area (TPSA) is 29.3 Å². The van der Waals surface area contributed by atoms with Gasteiger partial charge in [-0.05, 0) is 36.5 Å². The van der Waals surface area contributed by atoms with Crippen molar-refractivity contribution < 1.29 is 0 Å². The molecule has 14 heavy (non-hydrogen) atoms. The number of nitrogens with zero attached hydrogens (tertiary/aromatic N) is 1. The molecular formula is C11H13BrN2. The van der Waals surface area contributed by atoms with Crippen molar-refractivity contribution in [3.8, 4) is 0 Å². The summed E-state index contributed by atoms with van der Waals surface area (Å²) in [5.74, 6) is 1.90. The van der Waals surface area contributed by atoms with Crippen LogP contribution in [0, 0.1) is 11.8 Å². The van der Waals surface area contributed by atoms with Gasteiger partial charge in [0.05, 0.1) is 11.4 Å². The first-order valence-corrected chi connectivity index (χ1v) is 5.83. The highest BCUT2D eigenvalue weighted by Gasteiger charge is 2.45. The Morgan fingerprint density at radius 3 is 2.71 bits per heavy atom. The number of fused-ring (bicyclic) bond motifs is 1. The number of halogens is 1. The quantitative estimate of drug-likeness (QED) is 0.779. The minimum absolute atomic E-state index is 0.898. The molecule has 74 valence electrons. The highest BCUT2D eigenvalue weighted by Crippen LogP contribution is 2.47. The Bertz CT molecular complexity index is 368. The van der Waals surface area contributed by atoms with Crippen LogP contribution in [-0.4, -0.2) is 13.1 Å². The third-order valence-electron chi connectivity index (χ3n) is 3.31. The molecule has 1 aliphatic heterocycles. The first-order valence-electron chi connectivity index (χ1n) is 5.04. The number of benzene rings is 1. The molecule has 0 aromatic heterocycles. The summed E-state index contributed by atoms with van der Waals surface area (Å²) in [5.41, 5.74) is 8.07. The highest BCUT2D eigenvalue weighted by molar-refractivity contribution is 9.10. The third-order valence-corrected chi connectivity index (χ3v) is 3.81. The SMILES string of the molecule is Nc1ccc(Br)cc1N1CC2CC2C1. The molecule has 1 aromatic carbocycles. The number of nitrogens with two attached hydrogens (primary N) is 1. The van der Waals surface area contributed by atoms with Crippen LogP contribution in [0.5, 0.6) is 0 Å². The van der Waals surface area contributed by atoms with Crippen molar-refractivity contribution in [2.75, 3.05) is 23.7 Å². The monoisotopic (exact) mass is 252 g/mol. The van der Waals surface area contributed by atoms with Gasteiger partial charge in [-0.3, -0.25) is 0 Å². The van der Waals surface area contributed by atoms with Gasteiger partial charge in [-0.2, -0.15) is 0 Å². The second-order valence-corrected chi connectivity index (χ2v) is 5.28. The zero-order chi connectivity index (χ0) is 9.71. The summed E-state index contributed by atoms with van der Waals surface area (Å²) < 4.78 is 1.11. The molecule has 1 saturated heterocycles. The fraction of sp³-hybridized carbons (Fsp3) is 0.455. The van der Waals surface area contributed by atoms with E-state index in [9.17, 15) is 0 Å². The number of nitrogen functional groups attached to an aromatic ring is 1. The first-order chi connectivity index (χ1) is 6.74. The van der Waals surface area contributed by atoms with Gasteiger partial charge in [-0.15, -0.1) is 0 Å². The molecule has 2 aliphatic rings. The van der Waals surface area contributed by atoms with Crippen LogP contribution in [0.1, 0.15) is 6.42 Å². The predicted octanol–water partition coefficient (Wildman–Crippen LogP) is 2.49. The Morgan fingerprint density at radius 1 is 1.29 bits per heavy atom. The zero-order valence-corrected chi connectivity index (χ0v) is 9.50. The molecule has 1 heterocycles. The second kappa shape index (κ2) is 2.89. The summed E-state index contributed by atoms with van der Waals surface area (Å²) in [6, 6.07) is 6.10. The molecule has 0 amide bonds. The summed E-state index contributed by atoms with van der Waals surface area (Å²) in [6.45, 7) is 2.40. The molecule has 2 N–H and O–H groups in total. The maximum atomic E-state index is 5.97. The van der Waals surface area contributed by atoms with Gasteiger partial charge >= 0.3 is 0 Å². The standard InChI is InChI=1S/C11H13BrN2/c12-9-1-2-10(13)11(4-9)14-5-7-3-8(7)6-14/h1-2,4,7-8H,3,5-6,13H2. The van der Waals surface area contributed by atoms with Crippen molar-refractivity contribution in [1.82, 2.24) is 0 Å². The number of piperidine rings is 1. The average Bonchev–Trinajstić information content (AvgIpc) is 2.78. The first kappa shape index (κ1) is 8.60. The van der Waals surface area contributed by atoms with E-state index in [1.54, 1.807) is 0 Å². The van der Waals surface area contributed by atoms with Gasteiger partial charge in [0.2, 0.25) is 0 Å². The molecule has 0 radical (unpaired) electrons. The van der Waals surface area contributed by atoms with Crippen LogP contribution in [0.25, 0.3) is 0 Å². The van der Waals surface area contributed by atoms with Crippen LogP contribution in [0.15, 0.2) is 22.7 Å². The Kier molecular flexibility index (Phi) is 1.78. The van der Waals surface area contributed by atoms with Gasteiger partial charge in [0, 0.05) is 17.6 Å². The predicted molar refractivity (Wildman–Crippen MR) is 62.4 cm³/mol. The van der Waals surface area contributed by atoms with Crippen molar-refractivity contribution >= 4 is 27.3 Å².